The molecule has 1 N–H and O–H groups in total. The predicted molar refractivity (Wildman–Crippen MR) is 148 cm³/mol. The highest BCUT2D eigenvalue weighted by molar-refractivity contribution is 7.99. The number of pyridine rings is 1. The Hall–Kier alpha value is -2.49. The van der Waals surface area contributed by atoms with Crippen LogP contribution in [0.3, 0.4) is 0 Å². The van der Waals surface area contributed by atoms with E-state index in [2.05, 4.69) is 20.9 Å². The first-order chi connectivity index (χ1) is 18.2. The van der Waals surface area contributed by atoms with Crippen molar-refractivity contribution in [2.24, 2.45) is 5.41 Å². The van der Waals surface area contributed by atoms with Gasteiger partial charge in [-0.2, -0.15) is 0 Å². The maximum atomic E-state index is 13.5. The number of hydrogen-bond donors (Lipinski definition) is 1. The van der Waals surface area contributed by atoms with E-state index in [1.54, 1.807) is 7.11 Å². The van der Waals surface area contributed by atoms with Gasteiger partial charge in [-0.25, -0.2) is 13.2 Å². The predicted octanol–water partition coefficient (Wildman–Crippen LogP) is 5.92. The lowest BCUT2D eigenvalue weighted by Crippen LogP contribution is -2.42. The fourth-order valence-corrected chi connectivity index (χ4v) is 6.24. The van der Waals surface area contributed by atoms with Gasteiger partial charge in [-0.3, -0.25) is 4.98 Å². The third-order valence-corrected chi connectivity index (χ3v) is 8.62. The second-order valence-electron chi connectivity index (χ2n) is 10.3. The van der Waals surface area contributed by atoms with E-state index in [0.29, 0.717) is 10.6 Å². The number of nitrogens with zero attached hydrogens (tertiary/aromatic N) is 3. The Kier molecular flexibility index (Phi) is 9.44. The quantitative estimate of drug-likeness (QED) is 0.238. The summed E-state index contributed by atoms with van der Waals surface area (Å²) in [4.78, 5) is 9.44. The van der Waals surface area contributed by atoms with Crippen LogP contribution in [0.2, 0.25) is 0 Å². The molecule has 0 spiro atoms. The minimum atomic E-state index is -1.43. The molecule has 1 aliphatic rings. The molecule has 0 radical (unpaired) electrons. The zero-order chi connectivity index (χ0) is 27.3. The Morgan fingerprint density at radius 1 is 1.11 bits per heavy atom. The number of aromatic nitrogens is 1. The minimum Gasteiger partial charge on any atom is -0.497 e. The smallest absolute Gasteiger partial charge is 0.194 e. The number of benzene rings is 2. The van der Waals surface area contributed by atoms with Gasteiger partial charge >= 0.3 is 0 Å². The highest BCUT2D eigenvalue weighted by Gasteiger charge is 2.33. The number of likely N-dealkylation sites (tertiary alicyclic amines) is 1. The summed E-state index contributed by atoms with van der Waals surface area (Å²) in [6.45, 7) is 2.66. The number of anilines is 1. The Morgan fingerprint density at radius 2 is 1.82 bits per heavy atom. The standard InChI is InChI=1S/C29H36F3N3O2S/c1-34(2)27-18-33-26-7-6-20(37-3)15-23(26)22(27)5-4-8-29(19-36)9-11-35(12-10-29)13-14-38-21-16-24(30)28(32)25(31)17-21/h6-7,15-18,36H,4-5,8-14,19H2,1-3H3. The summed E-state index contributed by atoms with van der Waals surface area (Å²) in [5, 5.41) is 11.4. The van der Waals surface area contributed by atoms with Crippen molar-refractivity contribution in [2.45, 2.75) is 37.0 Å². The molecular weight excluding hydrogens is 511 g/mol. The van der Waals surface area contributed by atoms with Gasteiger partial charge in [0.2, 0.25) is 0 Å². The number of thioether (sulfide) groups is 1. The number of ether oxygens (including phenoxy) is 1. The number of aliphatic hydroxyl groups excluding tert-OH is 1. The van der Waals surface area contributed by atoms with Crippen LogP contribution >= 0.6 is 11.8 Å². The van der Waals surface area contributed by atoms with E-state index >= 15 is 0 Å². The van der Waals surface area contributed by atoms with Crippen LogP contribution in [0.25, 0.3) is 10.9 Å². The summed E-state index contributed by atoms with van der Waals surface area (Å²) < 4.78 is 45.5. The van der Waals surface area contributed by atoms with Crippen molar-refractivity contribution in [1.29, 1.82) is 0 Å². The number of halogens is 3. The molecular formula is C29H36F3N3O2S. The molecule has 0 bridgehead atoms. The average Bonchev–Trinajstić information content (AvgIpc) is 2.92. The highest BCUT2D eigenvalue weighted by Crippen LogP contribution is 2.38. The van der Waals surface area contributed by atoms with Crippen LogP contribution in [0, 0.1) is 22.9 Å². The molecule has 9 heteroatoms. The molecule has 206 valence electrons. The van der Waals surface area contributed by atoms with Gasteiger partial charge in [0, 0.05) is 43.3 Å². The number of methoxy groups -OCH3 is 1. The molecule has 2 aromatic carbocycles. The Balaban J connectivity index is 1.33. The van der Waals surface area contributed by atoms with Gasteiger partial charge in [-0.1, -0.05) is 0 Å². The van der Waals surface area contributed by atoms with Crippen LogP contribution in [0.5, 0.6) is 5.75 Å². The summed E-state index contributed by atoms with van der Waals surface area (Å²) in [5.41, 5.74) is 3.18. The number of rotatable bonds is 11. The van der Waals surface area contributed by atoms with Crippen molar-refractivity contribution in [3.05, 3.63) is 59.5 Å². The molecule has 2 heterocycles. The molecule has 0 unspecified atom stereocenters. The van der Waals surface area contributed by atoms with Crippen molar-refractivity contribution in [3.63, 3.8) is 0 Å². The van der Waals surface area contributed by atoms with E-state index in [0.717, 1.165) is 86.2 Å². The molecule has 0 aliphatic carbocycles. The van der Waals surface area contributed by atoms with Crippen LogP contribution in [0.15, 0.2) is 41.4 Å². The third-order valence-electron chi connectivity index (χ3n) is 7.67. The number of fused-ring (bicyclic) bond motifs is 1. The summed E-state index contributed by atoms with van der Waals surface area (Å²) in [6, 6.07) is 8.05. The number of aliphatic hydroxyl groups is 1. The van der Waals surface area contributed by atoms with Gasteiger partial charge < -0.3 is 19.6 Å². The van der Waals surface area contributed by atoms with E-state index in [9.17, 15) is 18.3 Å². The van der Waals surface area contributed by atoms with Crippen molar-refractivity contribution >= 4 is 28.4 Å². The zero-order valence-electron chi connectivity index (χ0n) is 22.3. The molecule has 0 amide bonds. The number of hydrogen-bond acceptors (Lipinski definition) is 6. The minimum absolute atomic E-state index is 0.105. The fraction of sp³-hybridized carbons (Fsp3) is 0.483. The molecule has 1 saturated heterocycles. The topological polar surface area (TPSA) is 48.8 Å². The van der Waals surface area contributed by atoms with Gasteiger partial charge in [0.05, 0.1) is 24.5 Å². The lowest BCUT2D eigenvalue weighted by Gasteiger charge is -2.41. The molecule has 38 heavy (non-hydrogen) atoms. The highest BCUT2D eigenvalue weighted by atomic mass is 32.2. The van der Waals surface area contributed by atoms with Gasteiger partial charge in [-0.05, 0) is 86.5 Å². The van der Waals surface area contributed by atoms with Crippen molar-refractivity contribution in [3.8, 4) is 5.75 Å². The molecule has 1 fully saturated rings. The Labute approximate surface area is 227 Å². The van der Waals surface area contributed by atoms with E-state index in [1.807, 2.05) is 32.4 Å². The maximum absolute atomic E-state index is 13.5. The first-order valence-corrected chi connectivity index (χ1v) is 14.0. The first kappa shape index (κ1) is 28.5. The lowest BCUT2D eigenvalue weighted by atomic mass is 9.75. The average molecular weight is 548 g/mol. The van der Waals surface area contributed by atoms with E-state index in [4.69, 9.17) is 4.74 Å². The van der Waals surface area contributed by atoms with Crippen molar-refractivity contribution in [1.82, 2.24) is 9.88 Å². The summed E-state index contributed by atoms with van der Waals surface area (Å²) in [6.07, 6.45) is 6.50. The number of aryl methyl sites for hydroxylation is 1. The number of piperidine rings is 1. The molecule has 0 atom stereocenters. The van der Waals surface area contributed by atoms with E-state index in [-0.39, 0.29) is 12.0 Å². The third kappa shape index (κ3) is 6.55. The van der Waals surface area contributed by atoms with Crippen LogP contribution in [0.1, 0.15) is 31.2 Å². The zero-order valence-corrected chi connectivity index (χ0v) is 23.1. The first-order valence-electron chi connectivity index (χ1n) is 13.0. The molecule has 0 saturated carbocycles. The molecule has 1 aromatic heterocycles. The monoisotopic (exact) mass is 547 g/mol. The Morgan fingerprint density at radius 3 is 2.45 bits per heavy atom. The molecule has 1 aliphatic heterocycles. The SMILES string of the molecule is COc1ccc2ncc(N(C)C)c(CCCC3(CO)CCN(CCSc4cc(F)c(F)c(F)c4)CC3)c2c1. The van der Waals surface area contributed by atoms with Crippen LogP contribution in [-0.4, -0.2) is 68.2 Å². The van der Waals surface area contributed by atoms with E-state index in [1.165, 1.54) is 17.3 Å². The summed E-state index contributed by atoms with van der Waals surface area (Å²) in [5.74, 6) is -2.28. The molecule has 3 aromatic rings. The molecule has 4 rings (SSSR count). The second kappa shape index (κ2) is 12.6. The summed E-state index contributed by atoms with van der Waals surface area (Å²) >= 11 is 1.32. The van der Waals surface area contributed by atoms with Crippen LogP contribution in [-0.2, 0) is 6.42 Å². The van der Waals surface area contributed by atoms with Gasteiger partial charge in [0.25, 0.3) is 0 Å². The second-order valence-corrected chi connectivity index (χ2v) is 11.5. The largest absolute Gasteiger partial charge is 0.497 e. The van der Waals surface area contributed by atoms with Crippen LogP contribution in [0.4, 0.5) is 18.9 Å². The van der Waals surface area contributed by atoms with E-state index < -0.39 is 17.5 Å². The maximum Gasteiger partial charge on any atom is 0.194 e. The fourth-order valence-electron chi connectivity index (χ4n) is 5.28. The Bertz CT molecular complexity index is 1230. The normalized spacial score (nSPS) is 15.7. The van der Waals surface area contributed by atoms with Crippen molar-refractivity contribution < 1.29 is 23.0 Å². The van der Waals surface area contributed by atoms with Gasteiger partial charge in [0.1, 0.15) is 5.75 Å². The lowest BCUT2D eigenvalue weighted by molar-refractivity contribution is 0.0378. The van der Waals surface area contributed by atoms with Crippen LogP contribution < -0.4 is 9.64 Å². The van der Waals surface area contributed by atoms with Gasteiger partial charge in [0.15, 0.2) is 17.5 Å². The van der Waals surface area contributed by atoms with Crippen molar-refractivity contribution in [2.75, 3.05) is 58.1 Å². The van der Waals surface area contributed by atoms with Gasteiger partial charge in [-0.15, -0.1) is 11.8 Å². The molecule has 5 nitrogen and oxygen atoms in total. The summed E-state index contributed by atoms with van der Waals surface area (Å²) in [7, 11) is 5.72.